The molecule has 0 saturated heterocycles. The molecule has 0 amide bonds. The molecule has 0 heterocycles. The molecular formula is C7H9NaO2. The molecule has 0 radical (unpaired) electrons. The molecule has 0 spiro atoms. The Kier molecular flexibility index (Phi) is 4.52. The third kappa shape index (κ3) is 2.21. The predicted molar refractivity (Wildman–Crippen MR) is 35.8 cm³/mol. The number of phenolic OH excluding ortho intramolecular Hbond substituents is 1. The number of ether oxygens (including phenoxy) is 1. The molecule has 1 N–H and O–H groups in total. The molecule has 10 heavy (non-hydrogen) atoms. The van der Waals surface area contributed by atoms with Crippen LogP contribution in [0.25, 0.3) is 0 Å². The molecule has 3 heteroatoms. The Hall–Kier alpha value is -0.180. The summed E-state index contributed by atoms with van der Waals surface area (Å²) < 4.78 is 4.79. The van der Waals surface area contributed by atoms with E-state index in [1.807, 2.05) is 0 Å². The molecule has 50 valence electrons. The van der Waals surface area contributed by atoms with E-state index in [1.54, 1.807) is 24.3 Å². The Balaban J connectivity index is 0. The van der Waals surface area contributed by atoms with Gasteiger partial charge in [0.1, 0.15) is 0 Å². The van der Waals surface area contributed by atoms with Gasteiger partial charge in [-0.15, -0.1) is 0 Å². The monoisotopic (exact) mass is 148 g/mol. The smallest absolute Gasteiger partial charge is 1.00 e. The Morgan fingerprint density at radius 1 is 1.40 bits per heavy atom. The topological polar surface area (TPSA) is 29.5 Å². The van der Waals surface area contributed by atoms with Gasteiger partial charge >= 0.3 is 29.6 Å². The number of benzene rings is 1. The molecule has 0 atom stereocenters. The summed E-state index contributed by atoms with van der Waals surface area (Å²) in [4.78, 5) is 0. The third-order valence-corrected chi connectivity index (χ3v) is 1.09. The molecule has 0 unspecified atom stereocenters. The van der Waals surface area contributed by atoms with Crippen LogP contribution in [0.3, 0.4) is 0 Å². The Morgan fingerprint density at radius 2 is 2.00 bits per heavy atom. The van der Waals surface area contributed by atoms with Crippen molar-refractivity contribution in [3.63, 3.8) is 0 Å². The van der Waals surface area contributed by atoms with Crippen LogP contribution in [0.2, 0.25) is 0 Å². The van der Waals surface area contributed by atoms with Crippen LogP contribution < -0.4 is 34.3 Å². The molecule has 0 aliphatic heterocycles. The van der Waals surface area contributed by atoms with Crippen molar-refractivity contribution in [3.05, 3.63) is 24.3 Å². The Labute approximate surface area is 83.6 Å². The SMILES string of the molecule is COc1ccccc1O.[H-].[Na+]. The average molecular weight is 148 g/mol. The summed E-state index contributed by atoms with van der Waals surface area (Å²) in [7, 11) is 1.52. The summed E-state index contributed by atoms with van der Waals surface area (Å²) >= 11 is 0. The van der Waals surface area contributed by atoms with Crippen LogP contribution in [0.15, 0.2) is 24.3 Å². The normalized spacial score (nSPS) is 8.10. The molecule has 0 aromatic heterocycles. The quantitative estimate of drug-likeness (QED) is 0.492. The second-order valence-corrected chi connectivity index (χ2v) is 1.67. The van der Waals surface area contributed by atoms with E-state index in [-0.39, 0.29) is 36.7 Å². The minimum atomic E-state index is 0. The first-order valence-corrected chi connectivity index (χ1v) is 2.66. The van der Waals surface area contributed by atoms with E-state index < -0.39 is 0 Å². The van der Waals surface area contributed by atoms with Crippen molar-refractivity contribution < 1.29 is 40.8 Å². The van der Waals surface area contributed by atoms with Crippen LogP contribution in [0.4, 0.5) is 0 Å². The van der Waals surface area contributed by atoms with E-state index in [4.69, 9.17) is 9.84 Å². The fourth-order valence-corrected chi connectivity index (χ4v) is 0.630. The van der Waals surface area contributed by atoms with Crippen molar-refractivity contribution in [2.75, 3.05) is 7.11 Å². The standard InChI is InChI=1S/C7H8O2.Na.H/c1-9-7-5-3-2-4-6(7)8;;/h2-5,8H,1H3;;/q;+1;-1. The first-order chi connectivity index (χ1) is 4.34. The number of aromatic hydroxyl groups is 1. The number of phenols is 1. The summed E-state index contributed by atoms with van der Waals surface area (Å²) in [6, 6.07) is 6.84. The molecule has 0 bridgehead atoms. The predicted octanol–water partition coefficient (Wildman–Crippen LogP) is -1.48. The first kappa shape index (κ1) is 9.82. The van der Waals surface area contributed by atoms with Gasteiger partial charge in [0, 0.05) is 0 Å². The van der Waals surface area contributed by atoms with Gasteiger partial charge in [0.25, 0.3) is 0 Å². The zero-order valence-corrected chi connectivity index (χ0v) is 8.16. The maximum absolute atomic E-state index is 8.99. The first-order valence-electron chi connectivity index (χ1n) is 2.66. The van der Waals surface area contributed by atoms with Crippen molar-refractivity contribution in [2.45, 2.75) is 0 Å². The minimum Gasteiger partial charge on any atom is -1.00 e. The van der Waals surface area contributed by atoms with Crippen molar-refractivity contribution in [3.8, 4) is 11.5 Å². The van der Waals surface area contributed by atoms with Gasteiger partial charge in [-0.2, -0.15) is 0 Å². The van der Waals surface area contributed by atoms with Crippen LogP contribution in [0.1, 0.15) is 1.43 Å². The van der Waals surface area contributed by atoms with Gasteiger partial charge in [-0.05, 0) is 12.1 Å². The molecule has 2 nitrogen and oxygen atoms in total. The van der Waals surface area contributed by atoms with E-state index in [0.29, 0.717) is 5.75 Å². The van der Waals surface area contributed by atoms with Gasteiger partial charge in [-0.3, -0.25) is 0 Å². The molecule has 0 aliphatic carbocycles. The van der Waals surface area contributed by atoms with E-state index in [0.717, 1.165) is 0 Å². The van der Waals surface area contributed by atoms with Gasteiger partial charge in [0.05, 0.1) is 7.11 Å². The van der Waals surface area contributed by atoms with Crippen LogP contribution in [0, 0.1) is 0 Å². The largest absolute Gasteiger partial charge is 1.00 e. The second-order valence-electron chi connectivity index (χ2n) is 1.67. The fraction of sp³-hybridized carbons (Fsp3) is 0.143. The van der Waals surface area contributed by atoms with Crippen molar-refractivity contribution >= 4 is 0 Å². The van der Waals surface area contributed by atoms with Gasteiger partial charge < -0.3 is 11.3 Å². The molecule has 1 aromatic carbocycles. The zero-order chi connectivity index (χ0) is 6.69. The summed E-state index contributed by atoms with van der Waals surface area (Å²) in [6.07, 6.45) is 0. The summed E-state index contributed by atoms with van der Waals surface area (Å²) in [5.41, 5.74) is 0. The fourth-order valence-electron chi connectivity index (χ4n) is 0.630. The molecule has 1 aromatic rings. The van der Waals surface area contributed by atoms with Crippen LogP contribution in [0.5, 0.6) is 11.5 Å². The number of hydrogen-bond acceptors (Lipinski definition) is 2. The van der Waals surface area contributed by atoms with E-state index in [1.165, 1.54) is 7.11 Å². The van der Waals surface area contributed by atoms with Crippen molar-refractivity contribution in [1.82, 2.24) is 0 Å². The molecular weight excluding hydrogens is 139 g/mol. The second kappa shape index (κ2) is 4.61. The third-order valence-electron chi connectivity index (χ3n) is 1.09. The van der Waals surface area contributed by atoms with Crippen molar-refractivity contribution in [2.24, 2.45) is 0 Å². The molecule has 0 fully saturated rings. The van der Waals surface area contributed by atoms with Crippen LogP contribution in [-0.4, -0.2) is 12.2 Å². The average Bonchev–Trinajstić information content (AvgIpc) is 1.89. The summed E-state index contributed by atoms with van der Waals surface area (Å²) in [5, 5.41) is 8.99. The number of rotatable bonds is 1. The Morgan fingerprint density at radius 3 is 2.40 bits per heavy atom. The Bertz CT molecular complexity index is 205. The molecule has 0 aliphatic rings. The number of para-hydroxylation sites is 2. The maximum atomic E-state index is 8.99. The van der Waals surface area contributed by atoms with E-state index in [2.05, 4.69) is 0 Å². The number of methoxy groups -OCH3 is 1. The van der Waals surface area contributed by atoms with Gasteiger partial charge in [-0.25, -0.2) is 0 Å². The van der Waals surface area contributed by atoms with Crippen LogP contribution >= 0.6 is 0 Å². The zero-order valence-electron chi connectivity index (χ0n) is 7.16. The minimum absolute atomic E-state index is 0. The maximum Gasteiger partial charge on any atom is 1.00 e. The summed E-state index contributed by atoms with van der Waals surface area (Å²) in [6.45, 7) is 0. The molecule has 0 saturated carbocycles. The van der Waals surface area contributed by atoms with Gasteiger partial charge in [-0.1, -0.05) is 12.1 Å². The van der Waals surface area contributed by atoms with E-state index in [9.17, 15) is 0 Å². The van der Waals surface area contributed by atoms with Crippen LogP contribution in [-0.2, 0) is 0 Å². The van der Waals surface area contributed by atoms with E-state index >= 15 is 0 Å². The van der Waals surface area contributed by atoms with Crippen molar-refractivity contribution in [1.29, 1.82) is 0 Å². The summed E-state index contributed by atoms with van der Waals surface area (Å²) in [5.74, 6) is 0.692. The van der Waals surface area contributed by atoms with Gasteiger partial charge in [0.2, 0.25) is 0 Å². The number of hydrogen-bond donors (Lipinski definition) is 1. The molecule has 1 rings (SSSR count). The van der Waals surface area contributed by atoms with Gasteiger partial charge in [0.15, 0.2) is 11.5 Å².